The fourth-order valence-corrected chi connectivity index (χ4v) is 4.11. The van der Waals surface area contributed by atoms with Crippen molar-refractivity contribution in [3.8, 4) is 11.5 Å². The highest BCUT2D eigenvalue weighted by Crippen LogP contribution is 2.34. The summed E-state index contributed by atoms with van der Waals surface area (Å²) >= 11 is 0. The normalized spacial score (nSPS) is 15.6. The molecule has 0 spiro atoms. The first-order chi connectivity index (χ1) is 14.6. The molecule has 8 heteroatoms. The van der Waals surface area contributed by atoms with Gasteiger partial charge in [0.1, 0.15) is 0 Å². The maximum Gasteiger partial charge on any atom is 0.315 e. The summed E-state index contributed by atoms with van der Waals surface area (Å²) in [5.41, 5.74) is 1.76. The van der Waals surface area contributed by atoms with Crippen molar-refractivity contribution in [1.82, 2.24) is 10.6 Å². The van der Waals surface area contributed by atoms with Gasteiger partial charge in [0.25, 0.3) is 0 Å². The predicted octanol–water partition coefficient (Wildman–Crippen LogP) is 4.01. The molecule has 0 fully saturated rings. The minimum Gasteiger partial charge on any atom is -0.490 e. The number of carbonyl (C=O) groups excluding carboxylic acids is 1. The van der Waals surface area contributed by atoms with Crippen LogP contribution in [0, 0.1) is 5.92 Å². The predicted molar refractivity (Wildman–Crippen MR) is 119 cm³/mol. The summed E-state index contributed by atoms with van der Waals surface area (Å²) in [5, 5.41) is 5.98. The van der Waals surface area contributed by atoms with Crippen LogP contribution in [0.25, 0.3) is 0 Å². The third kappa shape index (κ3) is 5.91. The molecule has 2 atom stereocenters. The molecule has 1 heterocycles. The second kappa shape index (κ2) is 9.60. The molecule has 2 aromatic rings. The summed E-state index contributed by atoms with van der Waals surface area (Å²) < 4.78 is 34.7. The Balaban J connectivity index is 1.69. The zero-order chi connectivity index (χ0) is 22.6. The van der Waals surface area contributed by atoms with Crippen LogP contribution in [0.15, 0.2) is 47.4 Å². The van der Waals surface area contributed by atoms with Crippen molar-refractivity contribution < 1.29 is 22.7 Å². The van der Waals surface area contributed by atoms with E-state index in [-0.39, 0.29) is 28.9 Å². The number of nitrogens with one attached hydrogen (secondary N) is 2. The van der Waals surface area contributed by atoms with E-state index in [4.69, 9.17) is 9.47 Å². The lowest BCUT2D eigenvalue weighted by Crippen LogP contribution is -2.40. The van der Waals surface area contributed by atoms with E-state index < -0.39 is 9.84 Å². The van der Waals surface area contributed by atoms with E-state index in [1.807, 2.05) is 39.0 Å². The molecule has 0 aromatic heterocycles. The minimum atomic E-state index is -3.25. The van der Waals surface area contributed by atoms with Gasteiger partial charge in [-0.3, -0.25) is 0 Å². The lowest BCUT2D eigenvalue weighted by Gasteiger charge is -2.25. The van der Waals surface area contributed by atoms with Crippen LogP contribution in [0.2, 0.25) is 0 Å². The summed E-state index contributed by atoms with van der Waals surface area (Å²) in [6.07, 6.45) is 2.00. The molecule has 2 aromatic carbocycles. The number of hydrogen-bond donors (Lipinski definition) is 2. The van der Waals surface area contributed by atoms with Gasteiger partial charge < -0.3 is 20.1 Å². The Labute approximate surface area is 184 Å². The van der Waals surface area contributed by atoms with Gasteiger partial charge in [-0.1, -0.05) is 32.0 Å². The van der Waals surface area contributed by atoms with Gasteiger partial charge in [-0.2, -0.15) is 0 Å². The SMILES string of the molecule is CC(C)[C@H](NC(=O)N[C@@H](C)c1ccc(S(C)(=O)=O)cc1)c1ccc2c(c1)OCCCO2. The van der Waals surface area contributed by atoms with Crippen LogP contribution in [0.4, 0.5) is 4.79 Å². The molecule has 7 nitrogen and oxygen atoms in total. The van der Waals surface area contributed by atoms with Crippen molar-refractivity contribution in [3.05, 3.63) is 53.6 Å². The van der Waals surface area contributed by atoms with E-state index >= 15 is 0 Å². The zero-order valence-corrected chi connectivity index (χ0v) is 19.2. The summed E-state index contributed by atoms with van der Waals surface area (Å²) in [6.45, 7) is 7.17. The van der Waals surface area contributed by atoms with Gasteiger partial charge >= 0.3 is 6.03 Å². The number of hydrogen-bond acceptors (Lipinski definition) is 5. The molecule has 2 N–H and O–H groups in total. The van der Waals surface area contributed by atoms with E-state index in [0.717, 1.165) is 23.3 Å². The number of ether oxygens (including phenoxy) is 2. The monoisotopic (exact) mass is 446 g/mol. The molecule has 31 heavy (non-hydrogen) atoms. The van der Waals surface area contributed by atoms with E-state index in [0.29, 0.717) is 19.0 Å². The second-order valence-corrected chi connectivity index (χ2v) is 10.2. The molecule has 1 aliphatic rings. The lowest BCUT2D eigenvalue weighted by molar-refractivity contribution is 0.230. The number of benzene rings is 2. The van der Waals surface area contributed by atoms with Gasteiger partial charge in [0.05, 0.1) is 30.2 Å². The van der Waals surface area contributed by atoms with Gasteiger partial charge in [-0.05, 0) is 48.2 Å². The maximum absolute atomic E-state index is 12.7. The average molecular weight is 447 g/mol. The molecule has 3 rings (SSSR count). The second-order valence-electron chi connectivity index (χ2n) is 8.16. The lowest BCUT2D eigenvalue weighted by atomic mass is 9.95. The highest BCUT2D eigenvalue weighted by atomic mass is 32.2. The first-order valence-corrected chi connectivity index (χ1v) is 12.3. The number of carbonyl (C=O) groups is 1. The smallest absolute Gasteiger partial charge is 0.315 e. The Bertz CT molecular complexity index is 1020. The number of fused-ring (bicyclic) bond motifs is 1. The summed E-state index contributed by atoms with van der Waals surface area (Å²) in [5.74, 6) is 1.57. The van der Waals surface area contributed by atoms with Crippen molar-refractivity contribution in [1.29, 1.82) is 0 Å². The Morgan fingerprint density at radius 1 is 0.903 bits per heavy atom. The molecule has 168 valence electrons. The minimum absolute atomic E-state index is 0.153. The zero-order valence-electron chi connectivity index (χ0n) is 18.3. The van der Waals surface area contributed by atoms with Crippen molar-refractivity contribution in [2.45, 2.75) is 44.2 Å². The number of rotatable bonds is 6. The van der Waals surface area contributed by atoms with E-state index in [1.165, 1.54) is 6.26 Å². The van der Waals surface area contributed by atoms with Crippen LogP contribution in [0.1, 0.15) is 50.4 Å². The van der Waals surface area contributed by atoms with Crippen LogP contribution in [0.5, 0.6) is 11.5 Å². The third-order valence-corrected chi connectivity index (χ3v) is 6.37. The van der Waals surface area contributed by atoms with Gasteiger partial charge in [-0.25, -0.2) is 13.2 Å². The Hall–Kier alpha value is -2.74. The highest BCUT2D eigenvalue weighted by molar-refractivity contribution is 7.90. The largest absolute Gasteiger partial charge is 0.490 e. The van der Waals surface area contributed by atoms with Gasteiger partial charge in [0.2, 0.25) is 0 Å². The van der Waals surface area contributed by atoms with Crippen LogP contribution in [0.3, 0.4) is 0 Å². The van der Waals surface area contributed by atoms with E-state index in [1.54, 1.807) is 24.3 Å². The molecule has 0 bridgehead atoms. The number of urea groups is 1. The van der Waals surface area contributed by atoms with E-state index in [9.17, 15) is 13.2 Å². The number of sulfone groups is 1. The van der Waals surface area contributed by atoms with Crippen LogP contribution >= 0.6 is 0 Å². The summed E-state index contributed by atoms with van der Waals surface area (Å²) in [7, 11) is -3.25. The molecule has 0 aliphatic carbocycles. The molecule has 0 saturated carbocycles. The third-order valence-electron chi connectivity index (χ3n) is 5.24. The van der Waals surface area contributed by atoms with E-state index in [2.05, 4.69) is 10.6 Å². The molecule has 1 aliphatic heterocycles. The molecule has 0 radical (unpaired) electrons. The van der Waals surface area contributed by atoms with Crippen LogP contribution < -0.4 is 20.1 Å². The Morgan fingerprint density at radius 3 is 2.13 bits per heavy atom. The first kappa shape index (κ1) is 22.9. The molecular weight excluding hydrogens is 416 g/mol. The topological polar surface area (TPSA) is 93.7 Å². The van der Waals surface area contributed by atoms with Crippen molar-refractivity contribution in [2.24, 2.45) is 5.92 Å². The van der Waals surface area contributed by atoms with Gasteiger partial charge in [0.15, 0.2) is 21.3 Å². The van der Waals surface area contributed by atoms with Crippen molar-refractivity contribution in [2.75, 3.05) is 19.5 Å². The molecule has 0 saturated heterocycles. The molecule has 0 unspecified atom stereocenters. The van der Waals surface area contributed by atoms with Crippen LogP contribution in [-0.4, -0.2) is 33.9 Å². The fraction of sp³-hybridized carbons (Fsp3) is 0.435. The maximum atomic E-state index is 12.7. The summed E-state index contributed by atoms with van der Waals surface area (Å²) in [6, 6.07) is 11.5. The quantitative estimate of drug-likeness (QED) is 0.699. The standard InChI is InChI=1S/C23H30N2O5S/c1-15(2)22(18-8-11-20-21(14-18)30-13-5-12-29-20)25-23(26)24-16(3)17-6-9-19(10-7-17)31(4,27)28/h6-11,14-16,22H,5,12-13H2,1-4H3,(H2,24,25,26)/t16-,22-/m0/s1. The molecular formula is C23H30N2O5S. The van der Waals surface area contributed by atoms with Gasteiger partial charge in [-0.15, -0.1) is 0 Å². The Kier molecular flexibility index (Phi) is 7.10. The van der Waals surface area contributed by atoms with Crippen molar-refractivity contribution in [3.63, 3.8) is 0 Å². The molecule has 2 amide bonds. The van der Waals surface area contributed by atoms with Crippen molar-refractivity contribution >= 4 is 15.9 Å². The van der Waals surface area contributed by atoms with Gasteiger partial charge in [0, 0.05) is 12.7 Å². The van der Waals surface area contributed by atoms with Crippen LogP contribution in [-0.2, 0) is 9.84 Å². The number of amides is 2. The summed E-state index contributed by atoms with van der Waals surface area (Å²) in [4.78, 5) is 13.0. The fourth-order valence-electron chi connectivity index (χ4n) is 3.47. The average Bonchev–Trinajstić information content (AvgIpc) is 2.96. The Morgan fingerprint density at radius 2 is 1.52 bits per heavy atom. The highest BCUT2D eigenvalue weighted by Gasteiger charge is 2.22. The first-order valence-electron chi connectivity index (χ1n) is 10.4.